The van der Waals surface area contributed by atoms with E-state index in [1.165, 1.54) is 5.69 Å². The van der Waals surface area contributed by atoms with Crippen LogP contribution in [0.15, 0.2) is 60.7 Å². The smallest absolute Gasteiger partial charge is 0.159 e. The van der Waals surface area contributed by atoms with Gasteiger partial charge < -0.3 is 19.6 Å². The second kappa shape index (κ2) is 8.99. The molecule has 6 aromatic rings. The number of ether oxygens (including phenoxy) is 1. The molecule has 7 rings (SSSR count). The highest BCUT2D eigenvalue weighted by molar-refractivity contribution is 6.01. The van der Waals surface area contributed by atoms with Crippen molar-refractivity contribution < 1.29 is 4.74 Å². The van der Waals surface area contributed by atoms with E-state index in [9.17, 15) is 0 Å². The first-order valence-corrected chi connectivity index (χ1v) is 13.3. The number of hydrogen-bond donors (Lipinski definition) is 3. The molecule has 0 bridgehead atoms. The van der Waals surface area contributed by atoms with Crippen molar-refractivity contribution in [1.82, 2.24) is 30.1 Å². The molecule has 2 unspecified atom stereocenters. The molecule has 0 radical (unpaired) electrons. The van der Waals surface area contributed by atoms with Gasteiger partial charge in [0.25, 0.3) is 0 Å². The van der Waals surface area contributed by atoms with E-state index in [0.29, 0.717) is 12.0 Å². The van der Waals surface area contributed by atoms with Crippen molar-refractivity contribution in [3.8, 4) is 22.9 Å². The predicted molar refractivity (Wildman–Crippen MR) is 152 cm³/mol. The average Bonchev–Trinajstić information content (AvgIpc) is 3.64. The topological polar surface area (TPSA) is 98.5 Å². The number of benzene rings is 3. The van der Waals surface area contributed by atoms with Crippen LogP contribution in [0, 0.1) is 5.92 Å². The molecule has 1 aliphatic heterocycles. The number of nitrogens with zero attached hydrogens (tertiary/aromatic N) is 4. The molecule has 1 fully saturated rings. The minimum atomic E-state index is 0.260. The van der Waals surface area contributed by atoms with Gasteiger partial charge in [0.05, 0.1) is 40.3 Å². The minimum absolute atomic E-state index is 0.260. The highest BCUT2D eigenvalue weighted by Crippen LogP contribution is 2.33. The number of aromatic nitrogens is 6. The minimum Gasteiger partial charge on any atom is -0.374 e. The summed E-state index contributed by atoms with van der Waals surface area (Å²) in [4.78, 5) is 19.1. The van der Waals surface area contributed by atoms with E-state index >= 15 is 0 Å². The Morgan fingerprint density at radius 2 is 1.76 bits per heavy atom. The number of morpholine rings is 1. The zero-order valence-electron chi connectivity index (χ0n) is 21.8. The van der Waals surface area contributed by atoms with Gasteiger partial charge in [0.15, 0.2) is 5.82 Å². The van der Waals surface area contributed by atoms with E-state index in [1.54, 1.807) is 0 Å². The van der Waals surface area contributed by atoms with Gasteiger partial charge in [-0.2, -0.15) is 5.10 Å². The summed E-state index contributed by atoms with van der Waals surface area (Å²) in [7, 11) is 0. The van der Waals surface area contributed by atoms with Crippen molar-refractivity contribution in [3.05, 3.63) is 60.7 Å². The van der Waals surface area contributed by atoms with Crippen LogP contribution in [0.5, 0.6) is 0 Å². The third kappa shape index (κ3) is 3.92. The summed E-state index contributed by atoms with van der Waals surface area (Å²) in [5.74, 6) is 2.18. The normalized spacial score (nSPS) is 18.4. The lowest BCUT2D eigenvalue weighted by Crippen LogP contribution is -2.48. The predicted octanol–water partition coefficient (Wildman–Crippen LogP) is 6.29. The molecule has 0 aliphatic carbocycles. The number of fused-ring (bicyclic) bond motifs is 3. The fourth-order valence-electron chi connectivity index (χ4n) is 5.63. The van der Waals surface area contributed by atoms with E-state index in [4.69, 9.17) is 14.7 Å². The number of H-pyrrole nitrogens is 3. The fourth-order valence-corrected chi connectivity index (χ4v) is 5.63. The first-order valence-electron chi connectivity index (χ1n) is 13.3. The van der Waals surface area contributed by atoms with Gasteiger partial charge in [-0.3, -0.25) is 5.10 Å². The molecule has 38 heavy (non-hydrogen) atoms. The molecule has 0 spiro atoms. The zero-order chi connectivity index (χ0) is 25.8. The number of para-hydroxylation sites is 3. The van der Waals surface area contributed by atoms with Gasteiger partial charge in [-0.15, -0.1) is 0 Å². The van der Waals surface area contributed by atoms with Crippen molar-refractivity contribution in [1.29, 1.82) is 0 Å². The number of aromatic amines is 3. The van der Waals surface area contributed by atoms with Crippen LogP contribution in [0.1, 0.15) is 27.2 Å². The molecular weight excluding hydrogens is 474 g/mol. The maximum absolute atomic E-state index is 6.11. The van der Waals surface area contributed by atoms with Gasteiger partial charge in [0.2, 0.25) is 0 Å². The van der Waals surface area contributed by atoms with E-state index < -0.39 is 0 Å². The fraction of sp³-hybridized carbons (Fsp3) is 0.300. The first kappa shape index (κ1) is 23.0. The maximum atomic E-state index is 6.11. The molecule has 4 heterocycles. The Kier molecular flexibility index (Phi) is 5.44. The van der Waals surface area contributed by atoms with Gasteiger partial charge in [-0.1, -0.05) is 38.1 Å². The summed E-state index contributed by atoms with van der Waals surface area (Å²) in [5.41, 5.74) is 7.78. The van der Waals surface area contributed by atoms with Crippen LogP contribution in [-0.2, 0) is 4.74 Å². The Morgan fingerprint density at radius 3 is 2.63 bits per heavy atom. The number of hydrogen-bond acceptors (Lipinski definition) is 5. The summed E-state index contributed by atoms with van der Waals surface area (Å²) >= 11 is 0. The quantitative estimate of drug-likeness (QED) is 0.256. The summed E-state index contributed by atoms with van der Waals surface area (Å²) in [6.45, 7) is 8.38. The molecule has 1 saturated heterocycles. The van der Waals surface area contributed by atoms with Gasteiger partial charge in [-0.25, -0.2) is 9.97 Å². The lowest BCUT2D eigenvalue weighted by atomic mass is 10.0. The lowest BCUT2D eigenvalue weighted by molar-refractivity contribution is 0.0109. The zero-order valence-corrected chi connectivity index (χ0v) is 21.8. The van der Waals surface area contributed by atoms with Crippen LogP contribution in [0.2, 0.25) is 0 Å². The Labute approximate surface area is 220 Å². The number of anilines is 1. The molecule has 3 aromatic carbocycles. The summed E-state index contributed by atoms with van der Waals surface area (Å²) in [6, 6.07) is 21.0. The van der Waals surface area contributed by atoms with Crippen LogP contribution < -0.4 is 4.90 Å². The summed E-state index contributed by atoms with van der Waals surface area (Å²) < 4.78 is 6.11. The van der Waals surface area contributed by atoms with E-state index in [-0.39, 0.29) is 6.10 Å². The van der Waals surface area contributed by atoms with Crippen molar-refractivity contribution in [2.75, 3.05) is 18.1 Å². The molecule has 1 aliphatic rings. The molecule has 0 amide bonds. The lowest BCUT2D eigenvalue weighted by Gasteiger charge is -2.40. The second-order valence-electron chi connectivity index (χ2n) is 10.8. The van der Waals surface area contributed by atoms with Gasteiger partial charge in [0, 0.05) is 29.2 Å². The average molecular weight is 506 g/mol. The van der Waals surface area contributed by atoms with E-state index in [1.807, 2.05) is 30.3 Å². The van der Waals surface area contributed by atoms with E-state index in [0.717, 1.165) is 75.4 Å². The van der Waals surface area contributed by atoms with Crippen LogP contribution in [-0.4, -0.2) is 55.4 Å². The third-order valence-electron chi connectivity index (χ3n) is 7.51. The molecule has 8 nitrogen and oxygen atoms in total. The van der Waals surface area contributed by atoms with Crippen LogP contribution in [0.4, 0.5) is 5.69 Å². The van der Waals surface area contributed by atoms with Gasteiger partial charge >= 0.3 is 0 Å². The largest absolute Gasteiger partial charge is 0.374 e. The SMILES string of the molecule is CC(C)CC1CN(c2ccc3[nH]c(-c4cccc5c(-c6nc7ccccc7[nH]6)n[nH]c45)nc3c2)C(C)CO1. The Balaban J connectivity index is 1.24. The Hall–Kier alpha value is -4.17. The molecule has 8 heteroatoms. The number of rotatable bonds is 5. The Morgan fingerprint density at radius 1 is 0.947 bits per heavy atom. The van der Waals surface area contributed by atoms with Gasteiger partial charge in [0.1, 0.15) is 11.5 Å². The molecular formula is C30H31N7O. The molecule has 3 N–H and O–H groups in total. The summed E-state index contributed by atoms with van der Waals surface area (Å²) in [5, 5.41) is 8.87. The second-order valence-corrected chi connectivity index (χ2v) is 10.8. The van der Waals surface area contributed by atoms with Crippen molar-refractivity contribution in [2.24, 2.45) is 5.92 Å². The molecule has 0 saturated carbocycles. The monoisotopic (exact) mass is 505 g/mol. The highest BCUT2D eigenvalue weighted by Gasteiger charge is 2.27. The molecule has 192 valence electrons. The number of imidazole rings is 2. The van der Waals surface area contributed by atoms with Crippen molar-refractivity contribution in [3.63, 3.8) is 0 Å². The van der Waals surface area contributed by atoms with Crippen LogP contribution in [0.25, 0.3) is 55.9 Å². The van der Waals surface area contributed by atoms with Gasteiger partial charge in [-0.05, 0) is 55.7 Å². The third-order valence-corrected chi connectivity index (χ3v) is 7.51. The van der Waals surface area contributed by atoms with Crippen LogP contribution in [0.3, 0.4) is 0 Å². The van der Waals surface area contributed by atoms with Crippen LogP contribution >= 0.6 is 0 Å². The molecule has 3 aromatic heterocycles. The summed E-state index contributed by atoms with van der Waals surface area (Å²) in [6.07, 6.45) is 1.33. The van der Waals surface area contributed by atoms with Crippen molar-refractivity contribution in [2.45, 2.75) is 39.3 Å². The van der Waals surface area contributed by atoms with E-state index in [2.05, 4.69) is 76.2 Å². The highest BCUT2D eigenvalue weighted by atomic mass is 16.5. The maximum Gasteiger partial charge on any atom is 0.159 e. The molecule has 2 atom stereocenters. The Bertz CT molecular complexity index is 1730. The number of nitrogens with one attached hydrogen (secondary N) is 3. The van der Waals surface area contributed by atoms with Crippen molar-refractivity contribution >= 4 is 38.7 Å². The standard InChI is InChI=1S/C30H31N7O/c1-17(2)13-20-15-37(18(3)16-38-20)19-11-12-25-26(14-19)34-29(31-25)22-8-6-7-21-27(22)35-36-28(21)30-32-23-9-4-5-10-24(23)33-30/h4-12,14,17-18,20H,13,15-16H2,1-3H3,(H,31,34)(H,32,33)(H,35,36). The first-order chi connectivity index (χ1) is 18.5.